The van der Waals surface area contributed by atoms with E-state index in [9.17, 15) is 24.3 Å². The maximum atomic E-state index is 17.1. The molecule has 4 heterocycles. The van der Waals surface area contributed by atoms with Gasteiger partial charge in [0.1, 0.15) is 23.8 Å². The molecule has 340 valence electrons. The van der Waals surface area contributed by atoms with E-state index in [1.807, 2.05) is 50.1 Å². The smallest absolute Gasteiger partial charge is 0.410 e. The number of hydrogen-bond acceptors (Lipinski definition) is 12. The monoisotopic (exact) mass is 856 g/mol. The van der Waals surface area contributed by atoms with Crippen LogP contribution in [0.5, 0.6) is 0 Å². The lowest BCUT2D eigenvalue weighted by Crippen LogP contribution is -2.65. The van der Waals surface area contributed by atoms with Crippen LogP contribution in [0.4, 0.5) is 9.18 Å². The fourth-order valence-electron chi connectivity index (χ4n) is 10.4. The number of para-hydroxylation sites is 2. The van der Waals surface area contributed by atoms with E-state index >= 15 is 4.39 Å². The van der Waals surface area contributed by atoms with Crippen molar-refractivity contribution in [1.29, 1.82) is 0 Å². The highest BCUT2D eigenvalue weighted by Crippen LogP contribution is 2.45. The lowest BCUT2D eigenvalue weighted by Gasteiger charge is -2.52. The van der Waals surface area contributed by atoms with Crippen LogP contribution in [0.25, 0.3) is 11.0 Å². The molecule has 3 fully saturated rings. The van der Waals surface area contributed by atoms with Gasteiger partial charge in [-0.3, -0.25) is 14.5 Å². The molecule has 0 spiro atoms. The van der Waals surface area contributed by atoms with Crippen LogP contribution < -0.4 is 0 Å². The van der Waals surface area contributed by atoms with Crippen LogP contribution in [0.1, 0.15) is 100 Å². The topological polar surface area (TPSA) is 159 Å². The number of likely N-dealkylation sites (N-methyl/N-ethyl adjacent to an activating group) is 1. The number of carbonyl (C=O) groups excluding carboxylic acids is 4. The van der Waals surface area contributed by atoms with E-state index in [1.54, 1.807) is 47.6 Å². The molecule has 14 nitrogen and oxygen atoms in total. The van der Waals surface area contributed by atoms with Crippen LogP contribution in [0.3, 0.4) is 0 Å². The van der Waals surface area contributed by atoms with Crippen LogP contribution >= 0.6 is 0 Å². The van der Waals surface area contributed by atoms with Crippen molar-refractivity contribution in [3.8, 4) is 0 Å². The number of rotatable bonds is 12. The highest BCUT2D eigenvalue weighted by molar-refractivity contribution is 6.08. The molecule has 3 saturated heterocycles. The summed E-state index contributed by atoms with van der Waals surface area (Å²) in [5.74, 6) is -6.72. The van der Waals surface area contributed by atoms with E-state index < -0.39 is 94.8 Å². The van der Waals surface area contributed by atoms with Gasteiger partial charge in [-0.1, -0.05) is 45.9 Å². The number of ether oxygens (including phenoxy) is 5. The zero-order valence-corrected chi connectivity index (χ0v) is 38.2. The number of amides is 1. The predicted molar refractivity (Wildman–Crippen MR) is 227 cm³/mol. The van der Waals surface area contributed by atoms with Crippen LogP contribution in [0.15, 0.2) is 36.9 Å². The molecule has 1 aromatic carbocycles. The van der Waals surface area contributed by atoms with Gasteiger partial charge in [0.15, 0.2) is 17.2 Å². The molecule has 0 saturated carbocycles. The number of carbonyl (C=O) groups is 4. The first kappa shape index (κ1) is 48.3. The van der Waals surface area contributed by atoms with Crippen molar-refractivity contribution in [2.75, 3.05) is 27.2 Å². The summed E-state index contributed by atoms with van der Waals surface area (Å²) in [5, 5.41) is 11.9. The predicted octanol–water partition coefficient (Wildman–Crippen LogP) is 6.37. The lowest BCUT2D eigenvalue weighted by atomic mass is 9.73. The quantitative estimate of drug-likeness (QED) is 0.109. The SMILES string of the molecule is C=CCN(C)[C@H]1C[C@@H](C)O[C@@](C)(O[C@@H]2[C@@H](C)C(=O)[C@](C)(F)C(=O)O[C@H](CC)[C@@]3(C)OC(=O)N(CCCCn4c(C)nc5ccccc54)[C@@H]3[C@@H](C)C(=O)[C@H](C)C[C@@]2(C)OC)[C@@H]1O. The molecule has 15 heteroatoms. The first-order valence-electron chi connectivity index (χ1n) is 21.8. The highest BCUT2D eigenvalue weighted by atomic mass is 19.1. The van der Waals surface area contributed by atoms with Crippen molar-refractivity contribution >= 4 is 34.7 Å². The van der Waals surface area contributed by atoms with Gasteiger partial charge in [-0.25, -0.2) is 19.0 Å². The number of unbranched alkanes of at least 4 members (excludes halogenated alkanes) is 1. The summed E-state index contributed by atoms with van der Waals surface area (Å²) in [7, 11) is 3.25. The van der Waals surface area contributed by atoms with E-state index in [4.69, 9.17) is 23.7 Å². The van der Waals surface area contributed by atoms with Crippen molar-refractivity contribution in [2.24, 2.45) is 17.8 Å². The number of aromatic nitrogens is 2. The molecule has 1 N–H and O–H groups in total. The number of fused-ring (bicyclic) bond motifs is 2. The van der Waals surface area contributed by atoms with E-state index in [0.29, 0.717) is 32.4 Å². The highest BCUT2D eigenvalue weighted by Gasteiger charge is 2.62. The molecule has 13 atom stereocenters. The summed E-state index contributed by atoms with van der Waals surface area (Å²) in [6, 6.07) is 6.51. The number of Topliss-reactive ketones (excluding diaryl/α,β-unsaturated/α-hetero) is 2. The van der Waals surface area contributed by atoms with E-state index in [2.05, 4.69) is 16.1 Å². The van der Waals surface area contributed by atoms with Crippen molar-refractivity contribution in [3.63, 3.8) is 0 Å². The summed E-state index contributed by atoms with van der Waals surface area (Å²) in [6.07, 6.45) is -1.43. The van der Waals surface area contributed by atoms with Crippen molar-refractivity contribution in [2.45, 2.75) is 167 Å². The average molecular weight is 857 g/mol. The number of esters is 1. The number of methoxy groups -OCH3 is 1. The number of nitrogens with zero attached hydrogens (tertiary/aromatic N) is 4. The third kappa shape index (κ3) is 9.18. The van der Waals surface area contributed by atoms with E-state index in [0.717, 1.165) is 23.8 Å². The zero-order chi connectivity index (χ0) is 45.4. The molecule has 1 aromatic heterocycles. The summed E-state index contributed by atoms with van der Waals surface area (Å²) < 4.78 is 50.4. The Morgan fingerprint density at radius 3 is 2.34 bits per heavy atom. The minimum absolute atomic E-state index is 0.0163. The minimum atomic E-state index is -3.20. The van der Waals surface area contributed by atoms with Crippen molar-refractivity contribution in [1.82, 2.24) is 19.4 Å². The van der Waals surface area contributed by atoms with Gasteiger partial charge in [0.2, 0.25) is 0 Å². The van der Waals surface area contributed by atoms with Crippen molar-refractivity contribution in [3.05, 3.63) is 42.7 Å². The maximum Gasteiger partial charge on any atom is 0.410 e. The minimum Gasteiger partial charge on any atom is -0.455 e. The number of imidazole rings is 1. The molecule has 5 rings (SSSR count). The molecule has 0 aliphatic carbocycles. The Morgan fingerprint density at radius 1 is 1.05 bits per heavy atom. The van der Waals surface area contributed by atoms with Crippen molar-refractivity contribution < 1.29 is 52.4 Å². The summed E-state index contributed by atoms with van der Waals surface area (Å²) in [4.78, 5) is 65.4. The van der Waals surface area contributed by atoms with Crippen LogP contribution in [0, 0.1) is 24.7 Å². The number of benzene rings is 1. The number of hydrogen-bond donors (Lipinski definition) is 1. The molecule has 1 amide bonds. The number of ketones is 2. The number of aryl methyl sites for hydroxylation is 2. The van der Waals surface area contributed by atoms with Gasteiger partial charge in [-0.2, -0.15) is 0 Å². The summed E-state index contributed by atoms with van der Waals surface area (Å²) >= 11 is 0. The number of aliphatic hydroxyl groups excluding tert-OH is 1. The summed E-state index contributed by atoms with van der Waals surface area (Å²) in [6.45, 7) is 21.3. The summed E-state index contributed by atoms with van der Waals surface area (Å²) in [5.41, 5.74) is -4.37. The second-order valence-corrected chi connectivity index (χ2v) is 18.4. The van der Waals surface area contributed by atoms with Gasteiger partial charge in [-0.05, 0) is 92.8 Å². The normalized spacial score (nSPS) is 38.0. The second kappa shape index (κ2) is 18.5. The standard InChI is InChI=1S/C46H69FN4O10/c1-14-22-49(12)34-25-28(4)59-46(11,39(34)54)60-40-30(6)38(53)44(9,47)41(55)58-35(15-2)45(10)37(29(5)36(52)27(3)26-43(40,8)57-13)51(42(56)61-45)24-19-18-23-50-31(7)48-32-20-16-17-21-33(32)50/h14,16-17,20-21,27-30,34-35,37,39-40,54H,1,15,18-19,22-26H2,2-13H3/t27-,28-,29+,30+,34+,35-,37-,39-,40-,43-,44+,45-,46+/m1/s1. The third-order valence-corrected chi connectivity index (χ3v) is 13.8. The Hall–Kier alpha value is -3.76. The Bertz CT molecular complexity index is 1940. The van der Waals surface area contributed by atoms with Gasteiger partial charge in [0, 0.05) is 50.5 Å². The number of cyclic esters (lactones) is 1. The Kier molecular flexibility index (Phi) is 14.7. The third-order valence-electron chi connectivity index (χ3n) is 13.8. The second-order valence-electron chi connectivity index (χ2n) is 18.4. The van der Waals surface area contributed by atoms with Crippen LogP contribution in [0.2, 0.25) is 0 Å². The first-order chi connectivity index (χ1) is 28.5. The Morgan fingerprint density at radius 2 is 1.70 bits per heavy atom. The zero-order valence-electron chi connectivity index (χ0n) is 38.2. The van der Waals surface area contributed by atoms with Gasteiger partial charge in [0.05, 0.1) is 34.9 Å². The molecule has 61 heavy (non-hydrogen) atoms. The van der Waals surface area contributed by atoms with E-state index in [-0.39, 0.29) is 25.2 Å². The molecule has 3 aliphatic rings. The molecular weight excluding hydrogens is 788 g/mol. The van der Waals surface area contributed by atoms with Crippen LogP contribution in [-0.4, -0.2) is 134 Å². The Balaban J connectivity index is 1.51. The molecule has 0 unspecified atom stereocenters. The largest absolute Gasteiger partial charge is 0.455 e. The molecule has 3 aliphatic heterocycles. The molecular formula is C46H69FN4O10. The van der Waals surface area contributed by atoms with Gasteiger partial charge >= 0.3 is 12.1 Å². The lowest BCUT2D eigenvalue weighted by molar-refractivity contribution is -0.354. The van der Waals surface area contributed by atoms with Gasteiger partial charge in [-0.15, -0.1) is 6.58 Å². The Labute approximate surface area is 360 Å². The number of halogens is 1. The van der Waals surface area contributed by atoms with Gasteiger partial charge in [0.25, 0.3) is 5.67 Å². The number of aliphatic hydroxyl groups is 1. The maximum absolute atomic E-state index is 17.1. The fraction of sp³-hybridized carbons (Fsp3) is 0.717. The molecule has 2 aromatic rings. The first-order valence-corrected chi connectivity index (χ1v) is 21.8. The van der Waals surface area contributed by atoms with Gasteiger partial charge < -0.3 is 38.3 Å². The fourth-order valence-corrected chi connectivity index (χ4v) is 10.4. The molecule has 0 bridgehead atoms. The van der Waals surface area contributed by atoms with Crippen LogP contribution in [-0.2, 0) is 44.6 Å². The number of alkyl halides is 1. The molecule has 0 radical (unpaired) electrons. The average Bonchev–Trinajstić information content (AvgIpc) is 3.67. The van der Waals surface area contributed by atoms with E-state index in [1.165, 1.54) is 18.9 Å².